The number of fused-ring (bicyclic) bond motifs is 1. The molecule has 1 aromatic heterocycles. The molecule has 20 heteroatoms. The molecule has 20 nitrogen and oxygen atoms in total. The molecule has 0 aliphatic carbocycles. The van der Waals surface area contributed by atoms with Crippen molar-refractivity contribution < 1.29 is 24.6 Å². The molecule has 0 amide bonds. The van der Waals surface area contributed by atoms with Gasteiger partial charge < -0.3 is 5.73 Å². The van der Waals surface area contributed by atoms with E-state index in [0.717, 1.165) is 16.9 Å². The van der Waals surface area contributed by atoms with Crippen LogP contribution in [0.2, 0.25) is 0 Å². The molecule has 0 bridgehead atoms. The highest BCUT2D eigenvalue weighted by Gasteiger charge is 2.29. The number of nitrogens with zero attached hydrogens (tertiary/aromatic N) is 9. The molecule has 1 heterocycles. The highest BCUT2D eigenvalue weighted by atomic mass is 16.6. The number of nitrogens with two attached hydrogens (primary N) is 1. The Bertz CT molecular complexity index is 1470. The maximum Gasteiger partial charge on any atom is 0.292 e. The molecule has 0 radical (unpaired) electrons. The second-order valence-corrected chi connectivity index (χ2v) is 6.34. The molecule has 2 N–H and O–H groups in total. The summed E-state index contributed by atoms with van der Waals surface area (Å²) in [5, 5.41) is 66.4. The third-order valence-corrected chi connectivity index (χ3v) is 4.35. The molecule has 2 aromatic carbocycles. The predicted molar refractivity (Wildman–Crippen MR) is 114 cm³/mol. The van der Waals surface area contributed by atoms with E-state index in [1.165, 1.54) is 0 Å². The van der Waals surface area contributed by atoms with Crippen LogP contribution in [-0.2, 0) is 0 Å². The van der Waals surface area contributed by atoms with Crippen LogP contribution in [0.3, 0.4) is 0 Å². The van der Waals surface area contributed by atoms with E-state index < -0.39 is 64.6 Å². The van der Waals surface area contributed by atoms with Gasteiger partial charge in [0.25, 0.3) is 28.4 Å². The van der Waals surface area contributed by atoms with Gasteiger partial charge >= 0.3 is 0 Å². The lowest BCUT2D eigenvalue weighted by Crippen LogP contribution is -2.23. The number of hydrogen-bond acceptors (Lipinski definition) is 13. The third-order valence-electron chi connectivity index (χ3n) is 4.35. The van der Waals surface area contributed by atoms with Gasteiger partial charge in [-0.05, 0) is 0 Å². The van der Waals surface area contributed by atoms with Gasteiger partial charge in [0.15, 0.2) is 5.56 Å². The molecule has 0 unspecified atom stereocenters. The zero-order chi connectivity index (χ0) is 26.0. The first-order valence-corrected chi connectivity index (χ1v) is 8.71. The molecule has 178 valence electrons. The van der Waals surface area contributed by atoms with E-state index in [-0.39, 0.29) is 10.9 Å². The van der Waals surface area contributed by atoms with E-state index in [4.69, 9.17) is 5.73 Å². The maximum absolute atomic E-state index is 11.3. The lowest BCUT2D eigenvalue weighted by Gasteiger charge is -2.02. The first-order chi connectivity index (χ1) is 16.4. The predicted octanol–water partition coefficient (Wildman–Crippen LogP) is 1.77. The Morgan fingerprint density at radius 2 is 1.29 bits per heavy atom. The Labute approximate surface area is 189 Å². The summed E-state index contributed by atoms with van der Waals surface area (Å²) >= 11 is 0. The fraction of sp³-hybridized carbons (Fsp3) is 0. The van der Waals surface area contributed by atoms with Gasteiger partial charge in [-0.25, -0.2) is 0 Å². The molecule has 0 aliphatic rings. The van der Waals surface area contributed by atoms with Crippen molar-refractivity contribution in [3.8, 4) is 0 Å². The van der Waals surface area contributed by atoms with E-state index in [9.17, 15) is 50.6 Å². The van der Waals surface area contributed by atoms with Crippen LogP contribution in [0.1, 0.15) is 5.56 Å². The fourth-order valence-electron chi connectivity index (χ4n) is 2.87. The van der Waals surface area contributed by atoms with Gasteiger partial charge in [-0.1, -0.05) is 0 Å². The lowest BCUT2D eigenvalue weighted by atomic mass is 10.1. The van der Waals surface area contributed by atoms with E-state index >= 15 is 0 Å². The summed E-state index contributed by atoms with van der Waals surface area (Å²) in [6, 6.07) is 2.61. The molecule has 3 rings (SSSR count). The van der Waals surface area contributed by atoms with E-state index in [1.807, 2.05) is 0 Å². The number of nitro benzene ring substituents is 5. The second-order valence-electron chi connectivity index (χ2n) is 6.34. The van der Waals surface area contributed by atoms with Crippen molar-refractivity contribution in [3.05, 3.63) is 86.6 Å². The highest BCUT2D eigenvalue weighted by Crippen LogP contribution is 2.33. The summed E-state index contributed by atoms with van der Waals surface area (Å²) in [6.07, 6.45) is 1.53. The normalized spacial score (nSPS) is 11.6. The number of nitro groups is 5. The Morgan fingerprint density at radius 1 is 0.800 bits per heavy atom. The Hall–Kier alpha value is -5.95. The largest absolute Gasteiger partial charge is 0.366 e. The van der Waals surface area contributed by atoms with Crippen LogP contribution >= 0.6 is 0 Å². The molecular weight excluding hydrogens is 480 g/mol. The van der Waals surface area contributed by atoms with Crippen LogP contribution < -0.4 is 5.73 Å². The minimum absolute atomic E-state index is 0.135. The van der Waals surface area contributed by atoms with E-state index in [1.54, 1.807) is 0 Å². The summed E-state index contributed by atoms with van der Waals surface area (Å²) in [7, 11) is 0. The molecule has 0 atom stereocenters. The zero-order valence-electron chi connectivity index (χ0n) is 16.6. The monoisotopic (exact) mass is 488 g/mol. The number of benzene rings is 2. The lowest BCUT2D eigenvalue weighted by molar-refractivity contribution is -0.403. The Morgan fingerprint density at radius 3 is 1.77 bits per heavy atom. The topological polar surface area (TPSA) is 284 Å². The van der Waals surface area contributed by atoms with Gasteiger partial charge in [0.05, 0.1) is 66.1 Å². The smallest absolute Gasteiger partial charge is 0.292 e. The molecule has 0 saturated heterocycles. The minimum Gasteiger partial charge on any atom is -0.366 e. The van der Waals surface area contributed by atoms with Crippen LogP contribution in [0.15, 0.2) is 40.7 Å². The van der Waals surface area contributed by atoms with Crippen molar-refractivity contribution in [1.29, 1.82) is 0 Å². The van der Waals surface area contributed by atoms with Gasteiger partial charge in [-0.15, -0.1) is 5.10 Å². The molecule has 3 aromatic rings. The van der Waals surface area contributed by atoms with E-state index in [2.05, 4.69) is 15.3 Å². The maximum atomic E-state index is 11.3. The van der Waals surface area contributed by atoms with Crippen LogP contribution in [0, 0.1) is 50.6 Å². The number of aromatic nitrogens is 2. The van der Waals surface area contributed by atoms with Crippen molar-refractivity contribution in [2.75, 3.05) is 0 Å². The molecule has 0 aliphatic heterocycles. The van der Waals surface area contributed by atoms with Gasteiger partial charge in [0.1, 0.15) is 0 Å². The average Bonchev–Trinajstić information content (AvgIpc) is 3.21. The number of non-ortho nitro benzene ring substituents is 3. The quantitative estimate of drug-likeness (QED) is 0.215. The third kappa shape index (κ3) is 4.50. The first-order valence-electron chi connectivity index (χ1n) is 8.71. The SMILES string of the molecule is N/C(=N\N=C/c1c([N+](=O)[O-])cc([N+](=O)[O-])cc1[N+](=O)[O-])n1ncc2c([N+](=O)[O-])cc([N+](=O)[O-])cc21. The van der Waals surface area contributed by atoms with Gasteiger partial charge in [-0.2, -0.15) is 14.9 Å². The summed E-state index contributed by atoms with van der Waals surface area (Å²) in [4.78, 5) is 50.8. The zero-order valence-corrected chi connectivity index (χ0v) is 16.6. The van der Waals surface area contributed by atoms with Crippen LogP contribution in [0.4, 0.5) is 28.4 Å². The van der Waals surface area contributed by atoms with Crippen LogP contribution in [0.25, 0.3) is 10.9 Å². The van der Waals surface area contributed by atoms with E-state index in [0.29, 0.717) is 24.4 Å². The van der Waals surface area contributed by atoms with Crippen molar-refractivity contribution in [2.24, 2.45) is 15.9 Å². The first kappa shape index (κ1) is 23.7. The summed E-state index contributed by atoms with van der Waals surface area (Å²) in [6.45, 7) is 0. The van der Waals surface area contributed by atoms with Crippen molar-refractivity contribution in [1.82, 2.24) is 9.78 Å². The summed E-state index contributed by atoms with van der Waals surface area (Å²) in [5.41, 5.74) is 0.550. The molecule has 0 fully saturated rings. The van der Waals surface area contributed by atoms with Crippen molar-refractivity contribution in [3.63, 3.8) is 0 Å². The number of hydrogen-bond donors (Lipinski definition) is 1. The van der Waals surface area contributed by atoms with Gasteiger partial charge in [-0.3, -0.25) is 50.6 Å². The fourth-order valence-corrected chi connectivity index (χ4v) is 2.87. The van der Waals surface area contributed by atoms with Crippen molar-refractivity contribution >= 4 is 51.5 Å². The molecule has 0 spiro atoms. The second kappa shape index (κ2) is 8.89. The highest BCUT2D eigenvalue weighted by molar-refractivity contribution is 5.97. The summed E-state index contributed by atoms with van der Waals surface area (Å²) < 4.78 is 0.741. The average molecular weight is 488 g/mol. The van der Waals surface area contributed by atoms with Crippen LogP contribution in [-0.4, -0.2) is 46.6 Å². The minimum atomic E-state index is -1.10. The summed E-state index contributed by atoms with van der Waals surface area (Å²) in [5.74, 6) is -0.627. The Balaban J connectivity index is 2.12. The van der Waals surface area contributed by atoms with Gasteiger partial charge in [0, 0.05) is 6.07 Å². The van der Waals surface area contributed by atoms with Crippen LogP contribution in [0.5, 0.6) is 0 Å². The number of rotatable bonds is 7. The molecule has 35 heavy (non-hydrogen) atoms. The molecular formula is C15H8N10O10. The van der Waals surface area contributed by atoms with Gasteiger partial charge in [0.2, 0.25) is 5.96 Å². The van der Waals surface area contributed by atoms with Crippen molar-refractivity contribution in [2.45, 2.75) is 0 Å². The standard InChI is InChI=1S/C15H8N10O10/c16-15(20-11-1-7(21(26)27)2-14(25(34)35)10(11)6-18-20)19-17-5-9-12(23(30)31)3-8(22(28)29)4-13(9)24(32)33/h1-6H,(H2,16,19)/b17-5-. The molecule has 0 saturated carbocycles. The Kier molecular flexibility index (Phi) is 6.02.